The summed E-state index contributed by atoms with van der Waals surface area (Å²) >= 11 is 0. The zero-order chi connectivity index (χ0) is 11.5. The Labute approximate surface area is 93.2 Å². The van der Waals surface area contributed by atoms with Crippen LogP contribution in [0.4, 0.5) is 0 Å². The monoisotopic (exact) mass is 219 g/mol. The van der Waals surface area contributed by atoms with E-state index in [1.165, 1.54) is 7.11 Å². The molecule has 4 heteroatoms. The van der Waals surface area contributed by atoms with Crippen LogP contribution in [0.5, 0.6) is 0 Å². The fourth-order valence-electron chi connectivity index (χ4n) is 1.54. The molecule has 4 nitrogen and oxygen atoms in total. The van der Waals surface area contributed by atoms with Crippen LogP contribution in [0.25, 0.3) is 11.1 Å². The van der Waals surface area contributed by atoms with Gasteiger partial charge in [0.2, 0.25) is 0 Å². The molecule has 0 unspecified atom stereocenters. The number of aromatic nitrogens is 1. The molecule has 0 fully saturated rings. The first-order chi connectivity index (χ1) is 7.74. The zero-order valence-electron chi connectivity index (χ0n) is 9.32. The van der Waals surface area contributed by atoms with Gasteiger partial charge in [0, 0.05) is 6.42 Å². The molecule has 2 rings (SSSR count). The van der Waals surface area contributed by atoms with E-state index >= 15 is 0 Å². The molecule has 16 heavy (non-hydrogen) atoms. The summed E-state index contributed by atoms with van der Waals surface area (Å²) in [7, 11) is 1.36. The molecule has 0 atom stereocenters. The van der Waals surface area contributed by atoms with Crippen LogP contribution in [0.1, 0.15) is 29.6 Å². The zero-order valence-corrected chi connectivity index (χ0v) is 9.32. The quantitative estimate of drug-likeness (QED) is 0.744. The maximum absolute atomic E-state index is 11.3. The Bertz CT molecular complexity index is 516. The van der Waals surface area contributed by atoms with Crippen molar-refractivity contribution in [3.63, 3.8) is 0 Å². The minimum Gasteiger partial charge on any atom is -0.465 e. The number of carbonyl (C=O) groups excluding carboxylic acids is 1. The van der Waals surface area contributed by atoms with Crippen molar-refractivity contribution >= 4 is 17.1 Å². The molecule has 0 aliphatic carbocycles. The number of methoxy groups -OCH3 is 1. The Hall–Kier alpha value is -1.84. The van der Waals surface area contributed by atoms with E-state index in [0.717, 1.165) is 18.4 Å². The van der Waals surface area contributed by atoms with Crippen LogP contribution < -0.4 is 0 Å². The number of esters is 1. The number of hydrogen-bond acceptors (Lipinski definition) is 4. The lowest BCUT2D eigenvalue weighted by atomic mass is 10.2. The van der Waals surface area contributed by atoms with Gasteiger partial charge in [0.15, 0.2) is 11.5 Å². The van der Waals surface area contributed by atoms with E-state index in [9.17, 15) is 4.79 Å². The lowest BCUT2D eigenvalue weighted by Gasteiger charge is -1.96. The van der Waals surface area contributed by atoms with E-state index in [0.29, 0.717) is 17.0 Å². The van der Waals surface area contributed by atoms with Crippen molar-refractivity contribution in [2.75, 3.05) is 7.11 Å². The number of fused-ring (bicyclic) bond motifs is 1. The molecule has 0 aliphatic rings. The summed E-state index contributed by atoms with van der Waals surface area (Å²) < 4.78 is 10.2. The fourth-order valence-corrected chi connectivity index (χ4v) is 1.54. The minimum absolute atomic E-state index is 0.365. The van der Waals surface area contributed by atoms with Crippen LogP contribution in [0.15, 0.2) is 22.6 Å². The Morgan fingerprint density at radius 2 is 2.31 bits per heavy atom. The molecule has 1 aromatic heterocycles. The van der Waals surface area contributed by atoms with Gasteiger partial charge in [0.25, 0.3) is 0 Å². The van der Waals surface area contributed by atoms with Crippen LogP contribution in [-0.2, 0) is 11.2 Å². The van der Waals surface area contributed by atoms with Crippen molar-refractivity contribution in [2.45, 2.75) is 19.8 Å². The van der Waals surface area contributed by atoms with Gasteiger partial charge in [0.1, 0.15) is 5.52 Å². The predicted octanol–water partition coefficient (Wildman–Crippen LogP) is 2.57. The molecule has 84 valence electrons. The number of aryl methyl sites for hydroxylation is 1. The highest BCUT2D eigenvalue weighted by Crippen LogP contribution is 2.18. The topological polar surface area (TPSA) is 52.3 Å². The maximum Gasteiger partial charge on any atom is 0.337 e. The molecule has 0 aliphatic heterocycles. The largest absolute Gasteiger partial charge is 0.465 e. The van der Waals surface area contributed by atoms with Crippen molar-refractivity contribution in [1.82, 2.24) is 4.98 Å². The lowest BCUT2D eigenvalue weighted by molar-refractivity contribution is 0.0601. The summed E-state index contributed by atoms with van der Waals surface area (Å²) in [5.74, 6) is 0.342. The Morgan fingerprint density at radius 3 is 3.00 bits per heavy atom. The Morgan fingerprint density at radius 1 is 1.50 bits per heavy atom. The Balaban J connectivity index is 2.41. The van der Waals surface area contributed by atoms with E-state index in [1.807, 2.05) is 0 Å². The van der Waals surface area contributed by atoms with Crippen molar-refractivity contribution < 1.29 is 13.9 Å². The number of oxazole rings is 1. The van der Waals surface area contributed by atoms with Gasteiger partial charge >= 0.3 is 5.97 Å². The standard InChI is InChI=1S/C12H13NO3/c1-3-4-11-13-9-6-5-8(12(14)15-2)7-10(9)16-11/h5-7H,3-4H2,1-2H3. The first-order valence-corrected chi connectivity index (χ1v) is 5.22. The van der Waals surface area contributed by atoms with E-state index in [4.69, 9.17) is 4.42 Å². The molecule has 0 amide bonds. The number of benzene rings is 1. The molecule has 0 saturated carbocycles. The molecule has 0 N–H and O–H groups in total. The van der Waals surface area contributed by atoms with E-state index in [1.54, 1.807) is 18.2 Å². The van der Waals surface area contributed by atoms with Crippen LogP contribution in [0.3, 0.4) is 0 Å². The molecular weight excluding hydrogens is 206 g/mol. The van der Waals surface area contributed by atoms with Gasteiger partial charge < -0.3 is 9.15 Å². The third-order valence-corrected chi connectivity index (χ3v) is 2.32. The molecule has 0 bridgehead atoms. The summed E-state index contributed by atoms with van der Waals surface area (Å²) in [6, 6.07) is 5.12. The van der Waals surface area contributed by atoms with Crippen molar-refractivity contribution in [3.8, 4) is 0 Å². The third-order valence-electron chi connectivity index (χ3n) is 2.32. The van der Waals surface area contributed by atoms with Gasteiger partial charge in [-0.05, 0) is 24.6 Å². The molecule has 1 heterocycles. The average molecular weight is 219 g/mol. The number of rotatable bonds is 3. The van der Waals surface area contributed by atoms with Crippen LogP contribution in [-0.4, -0.2) is 18.1 Å². The van der Waals surface area contributed by atoms with Crippen LogP contribution in [0.2, 0.25) is 0 Å². The molecule has 0 spiro atoms. The Kier molecular flexibility index (Phi) is 2.90. The molecular formula is C12H13NO3. The normalized spacial score (nSPS) is 10.6. The summed E-state index contributed by atoms with van der Waals surface area (Å²) in [5.41, 5.74) is 1.89. The van der Waals surface area contributed by atoms with Crippen molar-refractivity contribution in [2.24, 2.45) is 0 Å². The summed E-state index contributed by atoms with van der Waals surface area (Å²) in [6.45, 7) is 2.06. The highest BCUT2D eigenvalue weighted by Gasteiger charge is 2.10. The average Bonchev–Trinajstić information content (AvgIpc) is 2.69. The lowest BCUT2D eigenvalue weighted by Crippen LogP contribution is -2.00. The third kappa shape index (κ3) is 1.91. The second-order valence-corrected chi connectivity index (χ2v) is 3.53. The summed E-state index contributed by atoms with van der Waals surface area (Å²) in [5, 5.41) is 0. The maximum atomic E-state index is 11.3. The van der Waals surface area contributed by atoms with E-state index in [2.05, 4.69) is 16.6 Å². The summed E-state index contributed by atoms with van der Waals surface area (Å²) in [6.07, 6.45) is 1.79. The second-order valence-electron chi connectivity index (χ2n) is 3.53. The second kappa shape index (κ2) is 4.35. The smallest absolute Gasteiger partial charge is 0.337 e. The first kappa shape index (κ1) is 10.7. The number of nitrogens with zero attached hydrogens (tertiary/aromatic N) is 1. The fraction of sp³-hybridized carbons (Fsp3) is 0.333. The van der Waals surface area contributed by atoms with E-state index in [-0.39, 0.29) is 5.97 Å². The van der Waals surface area contributed by atoms with Crippen LogP contribution >= 0.6 is 0 Å². The number of ether oxygens (including phenoxy) is 1. The van der Waals surface area contributed by atoms with Gasteiger partial charge in [-0.3, -0.25) is 0 Å². The molecule has 2 aromatic rings. The summed E-state index contributed by atoms with van der Waals surface area (Å²) in [4.78, 5) is 15.6. The predicted molar refractivity (Wildman–Crippen MR) is 59.3 cm³/mol. The molecule has 0 radical (unpaired) electrons. The van der Waals surface area contributed by atoms with Gasteiger partial charge in [0.05, 0.1) is 12.7 Å². The highest BCUT2D eigenvalue weighted by molar-refractivity contribution is 5.93. The van der Waals surface area contributed by atoms with Crippen LogP contribution in [0, 0.1) is 0 Å². The van der Waals surface area contributed by atoms with Gasteiger partial charge in [-0.2, -0.15) is 0 Å². The molecule has 1 aromatic carbocycles. The van der Waals surface area contributed by atoms with Gasteiger partial charge in [-0.25, -0.2) is 9.78 Å². The molecule has 0 saturated heterocycles. The van der Waals surface area contributed by atoms with Gasteiger partial charge in [-0.1, -0.05) is 6.92 Å². The first-order valence-electron chi connectivity index (χ1n) is 5.22. The number of hydrogen-bond donors (Lipinski definition) is 0. The SMILES string of the molecule is CCCc1nc2ccc(C(=O)OC)cc2o1. The van der Waals surface area contributed by atoms with Gasteiger partial charge in [-0.15, -0.1) is 0 Å². The minimum atomic E-state index is -0.365. The highest BCUT2D eigenvalue weighted by atomic mass is 16.5. The van der Waals surface area contributed by atoms with Crippen molar-refractivity contribution in [3.05, 3.63) is 29.7 Å². The van der Waals surface area contributed by atoms with E-state index < -0.39 is 0 Å². The van der Waals surface area contributed by atoms with Crippen molar-refractivity contribution in [1.29, 1.82) is 0 Å². The number of carbonyl (C=O) groups is 1.